The van der Waals surface area contributed by atoms with Gasteiger partial charge < -0.3 is 15.0 Å². The molecule has 3 aromatic rings. The lowest BCUT2D eigenvalue weighted by Gasteiger charge is -2.33. The van der Waals surface area contributed by atoms with Gasteiger partial charge in [-0.2, -0.15) is 0 Å². The zero-order chi connectivity index (χ0) is 28.6. The Balaban J connectivity index is 2.06. The van der Waals surface area contributed by atoms with Crippen LogP contribution in [0.25, 0.3) is 0 Å². The van der Waals surface area contributed by atoms with Crippen molar-refractivity contribution < 1.29 is 22.7 Å². The largest absolute Gasteiger partial charge is 0.495 e. The van der Waals surface area contributed by atoms with Gasteiger partial charge in [-0.3, -0.25) is 13.9 Å². The second kappa shape index (κ2) is 13.5. The lowest BCUT2D eigenvalue weighted by Crippen LogP contribution is -2.52. The maximum Gasteiger partial charge on any atom is 0.264 e. The molecule has 0 heterocycles. The van der Waals surface area contributed by atoms with Gasteiger partial charge in [-0.05, 0) is 56.2 Å². The monoisotopic (exact) mass is 571 g/mol. The number of nitrogens with zero attached hydrogens (tertiary/aromatic N) is 2. The molecule has 0 aromatic heterocycles. The summed E-state index contributed by atoms with van der Waals surface area (Å²) in [6.45, 7) is 4.88. The van der Waals surface area contributed by atoms with E-state index in [1.54, 1.807) is 73.7 Å². The first-order chi connectivity index (χ1) is 18.6. The van der Waals surface area contributed by atoms with E-state index in [9.17, 15) is 18.0 Å². The molecule has 3 aromatic carbocycles. The van der Waals surface area contributed by atoms with Crippen LogP contribution < -0.4 is 14.4 Å². The number of carbonyl (C=O) groups is 2. The first-order valence-corrected chi connectivity index (χ1v) is 14.5. The Morgan fingerprint density at radius 3 is 2.21 bits per heavy atom. The molecule has 0 spiro atoms. The molecule has 1 N–H and O–H groups in total. The predicted molar refractivity (Wildman–Crippen MR) is 153 cm³/mol. The average molecular weight is 572 g/mol. The second-order valence-electron chi connectivity index (χ2n) is 9.10. The van der Waals surface area contributed by atoms with Crippen LogP contribution in [0.4, 0.5) is 5.69 Å². The molecule has 0 unspecified atom stereocenters. The number of methoxy groups -OCH3 is 1. The molecule has 0 radical (unpaired) electrons. The van der Waals surface area contributed by atoms with Gasteiger partial charge in [-0.15, -0.1) is 0 Å². The Bertz CT molecular complexity index is 1380. The quantitative estimate of drug-likeness (QED) is 0.334. The lowest BCUT2D eigenvalue weighted by molar-refractivity contribution is -0.139. The molecular weight excluding hydrogens is 538 g/mol. The lowest BCUT2D eigenvalue weighted by atomic mass is 10.1. The van der Waals surface area contributed by atoms with E-state index >= 15 is 0 Å². The SMILES string of the molecule is CC[C@@H](C)NC(=O)[C@H](C)N(Cc1ccccc1Cl)C(=O)CN(c1ccccc1OC)S(=O)(=O)c1ccccc1. The molecule has 0 fully saturated rings. The van der Waals surface area contributed by atoms with Crippen LogP contribution >= 0.6 is 11.6 Å². The number of rotatable bonds is 12. The summed E-state index contributed by atoms with van der Waals surface area (Å²) in [6.07, 6.45) is 0.716. The molecule has 0 saturated heterocycles. The van der Waals surface area contributed by atoms with Gasteiger partial charge in [-0.25, -0.2) is 8.42 Å². The molecule has 39 heavy (non-hydrogen) atoms. The van der Waals surface area contributed by atoms with Gasteiger partial charge in [0.15, 0.2) is 0 Å². The van der Waals surface area contributed by atoms with Crippen molar-refractivity contribution in [3.63, 3.8) is 0 Å². The van der Waals surface area contributed by atoms with E-state index in [2.05, 4.69) is 5.32 Å². The van der Waals surface area contributed by atoms with E-state index in [1.165, 1.54) is 24.1 Å². The van der Waals surface area contributed by atoms with Gasteiger partial charge >= 0.3 is 0 Å². The highest BCUT2D eigenvalue weighted by Crippen LogP contribution is 2.32. The maximum absolute atomic E-state index is 14.0. The number of benzene rings is 3. The van der Waals surface area contributed by atoms with Crippen molar-refractivity contribution in [1.29, 1.82) is 0 Å². The summed E-state index contributed by atoms with van der Waals surface area (Å²) in [4.78, 5) is 28.5. The molecule has 0 aliphatic carbocycles. The Hall–Kier alpha value is -3.56. The number of carbonyl (C=O) groups excluding carboxylic acids is 2. The van der Waals surface area contributed by atoms with Crippen LogP contribution in [-0.4, -0.2) is 50.9 Å². The third kappa shape index (κ3) is 7.30. The predicted octanol–water partition coefficient (Wildman–Crippen LogP) is 4.88. The number of hydrogen-bond acceptors (Lipinski definition) is 5. The van der Waals surface area contributed by atoms with E-state index in [-0.39, 0.29) is 34.8 Å². The number of sulfonamides is 1. The number of ether oxygens (including phenoxy) is 1. The summed E-state index contributed by atoms with van der Waals surface area (Å²) in [5, 5.41) is 3.34. The minimum Gasteiger partial charge on any atom is -0.495 e. The fraction of sp³-hybridized carbons (Fsp3) is 0.310. The van der Waals surface area contributed by atoms with E-state index in [0.29, 0.717) is 17.0 Å². The maximum atomic E-state index is 14.0. The average Bonchev–Trinajstić information content (AvgIpc) is 2.95. The third-order valence-electron chi connectivity index (χ3n) is 6.43. The molecule has 208 valence electrons. The Morgan fingerprint density at radius 2 is 1.56 bits per heavy atom. The molecule has 10 heteroatoms. The number of nitrogens with one attached hydrogen (secondary N) is 1. The Labute approximate surface area is 235 Å². The van der Waals surface area contributed by atoms with Gasteiger partial charge in [-0.1, -0.05) is 67.1 Å². The van der Waals surface area contributed by atoms with Crippen LogP contribution in [0, 0.1) is 0 Å². The van der Waals surface area contributed by atoms with Crippen molar-refractivity contribution in [1.82, 2.24) is 10.2 Å². The van der Waals surface area contributed by atoms with Crippen LogP contribution in [0.15, 0.2) is 83.8 Å². The zero-order valence-electron chi connectivity index (χ0n) is 22.5. The van der Waals surface area contributed by atoms with Gasteiger partial charge in [0, 0.05) is 17.6 Å². The summed E-state index contributed by atoms with van der Waals surface area (Å²) < 4.78 is 34.2. The smallest absolute Gasteiger partial charge is 0.264 e. The Kier molecular flexibility index (Phi) is 10.4. The zero-order valence-corrected chi connectivity index (χ0v) is 24.1. The first-order valence-electron chi connectivity index (χ1n) is 12.6. The number of amides is 2. The van der Waals surface area contributed by atoms with E-state index in [0.717, 1.165) is 4.31 Å². The summed E-state index contributed by atoms with van der Waals surface area (Å²) in [5.74, 6) is -0.642. The second-order valence-corrected chi connectivity index (χ2v) is 11.4. The van der Waals surface area contributed by atoms with E-state index < -0.39 is 28.5 Å². The normalized spacial score (nSPS) is 12.7. The minimum atomic E-state index is -4.19. The van der Waals surface area contributed by atoms with Crippen LogP contribution in [0.2, 0.25) is 5.02 Å². The highest BCUT2D eigenvalue weighted by atomic mass is 35.5. The summed E-state index contributed by atoms with van der Waals surface area (Å²) in [6, 6.07) is 20.5. The van der Waals surface area contributed by atoms with Crippen molar-refractivity contribution in [2.75, 3.05) is 18.0 Å². The minimum absolute atomic E-state index is 0.0126. The highest BCUT2D eigenvalue weighted by Gasteiger charge is 2.34. The van der Waals surface area contributed by atoms with Crippen LogP contribution in [0.3, 0.4) is 0 Å². The molecule has 8 nitrogen and oxygen atoms in total. The van der Waals surface area contributed by atoms with Gasteiger partial charge in [0.25, 0.3) is 10.0 Å². The molecular formula is C29H34ClN3O5S. The van der Waals surface area contributed by atoms with Crippen molar-refractivity contribution in [3.05, 3.63) is 89.4 Å². The molecule has 0 aliphatic heterocycles. The molecule has 3 rings (SSSR count). The summed E-state index contributed by atoms with van der Waals surface area (Å²) >= 11 is 6.40. The van der Waals surface area contributed by atoms with Gasteiger partial charge in [0.05, 0.1) is 17.7 Å². The third-order valence-corrected chi connectivity index (χ3v) is 8.57. The molecule has 0 saturated carbocycles. The fourth-order valence-electron chi connectivity index (χ4n) is 3.93. The molecule has 2 atom stereocenters. The summed E-state index contributed by atoms with van der Waals surface area (Å²) in [7, 11) is -2.76. The Morgan fingerprint density at radius 1 is 0.949 bits per heavy atom. The standard InChI is InChI=1S/C29H34ClN3O5S/c1-5-21(2)31-29(35)22(3)32(19-23-13-9-10-16-25(23)30)28(34)20-33(26-17-11-12-18-27(26)38-4)39(36,37)24-14-7-6-8-15-24/h6-18,21-22H,5,19-20H2,1-4H3,(H,31,35)/t21-,22+/m1/s1. The molecule has 0 aliphatic rings. The molecule has 0 bridgehead atoms. The number of halogens is 1. The first kappa shape index (κ1) is 30.0. The van der Waals surface area contributed by atoms with E-state index in [4.69, 9.17) is 16.3 Å². The number of hydrogen-bond donors (Lipinski definition) is 1. The van der Waals surface area contributed by atoms with Gasteiger partial charge in [0.2, 0.25) is 11.8 Å². The summed E-state index contributed by atoms with van der Waals surface area (Å²) in [5.41, 5.74) is 0.831. The van der Waals surface area contributed by atoms with Crippen molar-refractivity contribution in [2.45, 2.75) is 50.7 Å². The number of anilines is 1. The van der Waals surface area contributed by atoms with Crippen LogP contribution in [-0.2, 0) is 26.2 Å². The van der Waals surface area contributed by atoms with Crippen molar-refractivity contribution >= 4 is 39.1 Å². The molecule has 2 amide bonds. The van der Waals surface area contributed by atoms with Gasteiger partial charge in [0.1, 0.15) is 18.3 Å². The number of para-hydroxylation sites is 2. The highest BCUT2D eigenvalue weighted by molar-refractivity contribution is 7.92. The van der Waals surface area contributed by atoms with Crippen molar-refractivity contribution in [2.24, 2.45) is 0 Å². The van der Waals surface area contributed by atoms with E-state index in [1.807, 2.05) is 13.8 Å². The fourth-order valence-corrected chi connectivity index (χ4v) is 5.57. The topological polar surface area (TPSA) is 96.0 Å². The van der Waals surface area contributed by atoms with Crippen LogP contribution in [0.5, 0.6) is 5.75 Å². The van der Waals surface area contributed by atoms with Crippen molar-refractivity contribution in [3.8, 4) is 5.75 Å². The van der Waals surface area contributed by atoms with Crippen LogP contribution in [0.1, 0.15) is 32.8 Å².